The molecule has 0 saturated carbocycles. The lowest BCUT2D eigenvalue weighted by atomic mass is 9.95. The number of nitrogens with one attached hydrogen (secondary N) is 1. The first-order valence-electron chi connectivity index (χ1n) is 10.1. The maximum atomic E-state index is 13.6. The lowest BCUT2D eigenvalue weighted by molar-refractivity contribution is 0.0953. The number of pyridine rings is 1. The van der Waals surface area contributed by atoms with E-state index in [0.717, 1.165) is 0 Å². The number of sulfonamides is 1. The third-order valence-corrected chi connectivity index (χ3v) is 6.54. The Kier molecular flexibility index (Phi) is 9.52. The van der Waals surface area contributed by atoms with Gasteiger partial charge < -0.3 is 14.2 Å². The summed E-state index contributed by atoms with van der Waals surface area (Å²) in [6, 6.07) is 8.68. The van der Waals surface area contributed by atoms with E-state index >= 15 is 0 Å². The third-order valence-electron chi connectivity index (χ3n) is 4.80. The van der Waals surface area contributed by atoms with Gasteiger partial charge in [-0.2, -0.15) is 4.72 Å². The molecule has 1 heterocycles. The van der Waals surface area contributed by atoms with Crippen LogP contribution in [0.2, 0.25) is 0 Å². The van der Waals surface area contributed by atoms with Crippen LogP contribution in [0.3, 0.4) is 0 Å². The first-order valence-corrected chi connectivity index (χ1v) is 12.2. The number of fused-ring (bicyclic) bond motifs is 1. The second-order valence-corrected chi connectivity index (χ2v) is 9.83. The van der Waals surface area contributed by atoms with Gasteiger partial charge in [0, 0.05) is 28.9 Å². The van der Waals surface area contributed by atoms with Crippen molar-refractivity contribution in [1.82, 2.24) is 9.71 Å². The van der Waals surface area contributed by atoms with Crippen molar-refractivity contribution >= 4 is 50.6 Å². The van der Waals surface area contributed by atoms with Crippen molar-refractivity contribution in [3.63, 3.8) is 0 Å². The Bertz CT molecular complexity index is 1270. The van der Waals surface area contributed by atoms with Crippen LogP contribution >= 0.6 is 24.0 Å². The number of methoxy groups -OCH3 is 2. The summed E-state index contributed by atoms with van der Waals surface area (Å²) in [5.41, 5.74) is 0.621. The van der Waals surface area contributed by atoms with Crippen LogP contribution in [-0.4, -0.2) is 44.7 Å². The molecule has 0 radical (unpaired) electrons. The van der Waals surface area contributed by atoms with Gasteiger partial charge in [-0.15, -0.1) is 24.0 Å². The van der Waals surface area contributed by atoms with Gasteiger partial charge in [0.15, 0.2) is 17.3 Å². The fraction of sp³-hybridized carbons (Fsp3) is 0.304. The number of Topliss-reactive ketones (excluding diaryl/α,β-unsaturated/α-hetero) is 1. The lowest BCUT2D eigenvalue weighted by Crippen LogP contribution is -2.34. The summed E-state index contributed by atoms with van der Waals surface area (Å²) < 4.78 is 43.6. The van der Waals surface area contributed by atoms with E-state index in [1.807, 2.05) is 13.8 Å². The molecule has 11 heteroatoms. The van der Waals surface area contributed by atoms with Crippen molar-refractivity contribution < 1.29 is 27.4 Å². The molecule has 3 aromatic rings. The summed E-state index contributed by atoms with van der Waals surface area (Å²) in [6.07, 6.45) is 2.95. The zero-order chi connectivity index (χ0) is 24.2. The fourth-order valence-corrected chi connectivity index (χ4v) is 4.22. The smallest absolute Gasteiger partial charge is 0.226 e. The number of halogens is 2. The van der Waals surface area contributed by atoms with E-state index in [9.17, 15) is 13.2 Å². The van der Waals surface area contributed by atoms with Crippen molar-refractivity contribution in [2.24, 2.45) is 0 Å². The Morgan fingerprint density at radius 1 is 1.09 bits per heavy atom. The van der Waals surface area contributed by atoms with Gasteiger partial charge >= 0.3 is 0 Å². The Labute approximate surface area is 210 Å². The average Bonchev–Trinajstić information content (AvgIpc) is 2.80. The summed E-state index contributed by atoms with van der Waals surface area (Å²) in [5, 5.41) is 0.514. The van der Waals surface area contributed by atoms with Crippen LogP contribution in [0, 0.1) is 0 Å². The van der Waals surface area contributed by atoms with Gasteiger partial charge in [0.05, 0.1) is 20.3 Å². The maximum Gasteiger partial charge on any atom is 0.226 e. The molecule has 0 aliphatic carbocycles. The van der Waals surface area contributed by atoms with Gasteiger partial charge in [-0.3, -0.25) is 9.78 Å². The first-order chi connectivity index (χ1) is 15.7. The number of rotatable bonds is 10. The van der Waals surface area contributed by atoms with E-state index in [0.29, 0.717) is 33.6 Å². The molecule has 1 N–H and O–H groups in total. The van der Waals surface area contributed by atoms with E-state index in [1.165, 1.54) is 20.4 Å². The highest BCUT2D eigenvalue weighted by Crippen LogP contribution is 2.36. The molecule has 0 saturated heterocycles. The van der Waals surface area contributed by atoms with Crippen LogP contribution in [0.5, 0.6) is 17.2 Å². The predicted octanol–water partition coefficient (Wildman–Crippen LogP) is 4.50. The fourth-order valence-electron chi connectivity index (χ4n) is 3.38. The molecule has 2 aromatic carbocycles. The molecule has 34 heavy (non-hydrogen) atoms. The SMILES string of the molecule is COc1cc2cncc(C(NS(=O)(=O)CCl)C(=O)c3cccc(OC(C)C)c3)c2cc1OC.Cl. The topological polar surface area (TPSA) is 104 Å². The highest BCUT2D eigenvalue weighted by Gasteiger charge is 2.29. The van der Waals surface area contributed by atoms with Gasteiger partial charge in [0.1, 0.15) is 17.0 Å². The molecule has 3 rings (SSSR count). The number of hydrogen-bond acceptors (Lipinski definition) is 7. The molecule has 0 aliphatic heterocycles. The summed E-state index contributed by atoms with van der Waals surface area (Å²) in [7, 11) is -0.969. The number of ketones is 1. The number of aromatic nitrogens is 1. The van der Waals surface area contributed by atoms with Gasteiger partial charge in [-0.1, -0.05) is 12.1 Å². The minimum atomic E-state index is -3.97. The van der Waals surface area contributed by atoms with Crippen LogP contribution < -0.4 is 18.9 Å². The van der Waals surface area contributed by atoms with E-state index in [-0.39, 0.29) is 24.1 Å². The minimum absolute atomic E-state index is 0. The highest BCUT2D eigenvalue weighted by atomic mass is 35.5. The molecule has 0 amide bonds. The molecule has 0 aliphatic rings. The van der Waals surface area contributed by atoms with Crippen LogP contribution in [-0.2, 0) is 10.0 Å². The molecule has 1 unspecified atom stereocenters. The number of ether oxygens (including phenoxy) is 3. The normalized spacial score (nSPS) is 12.2. The maximum absolute atomic E-state index is 13.6. The molecule has 1 aromatic heterocycles. The van der Waals surface area contributed by atoms with Crippen LogP contribution in [0.1, 0.15) is 35.8 Å². The average molecular weight is 529 g/mol. The monoisotopic (exact) mass is 528 g/mol. The predicted molar refractivity (Wildman–Crippen MR) is 134 cm³/mol. The van der Waals surface area contributed by atoms with Crippen molar-refractivity contribution in [3.8, 4) is 17.2 Å². The standard InChI is InChI=1S/C23H25ClN2O6S.ClH/c1-14(2)32-17-7-5-6-15(8-17)23(27)22(26-33(28,29)13-24)19-12-25-11-16-9-20(30-3)21(31-4)10-18(16)19;/h5-12,14,22,26H,13H2,1-4H3;1H. The summed E-state index contributed by atoms with van der Waals surface area (Å²) in [4.78, 5) is 17.8. The van der Waals surface area contributed by atoms with Crippen LogP contribution in [0.15, 0.2) is 48.8 Å². The molecular formula is C23H26Cl2N2O6S. The number of benzene rings is 2. The molecule has 1 atom stereocenters. The molecule has 0 fully saturated rings. The van der Waals surface area contributed by atoms with E-state index in [1.54, 1.807) is 42.6 Å². The minimum Gasteiger partial charge on any atom is -0.493 e. The molecule has 8 nitrogen and oxygen atoms in total. The van der Waals surface area contributed by atoms with Crippen LogP contribution in [0.25, 0.3) is 10.8 Å². The van der Waals surface area contributed by atoms with E-state index < -0.39 is 27.1 Å². The molecular weight excluding hydrogens is 503 g/mol. The van der Waals surface area contributed by atoms with Crippen molar-refractivity contribution in [2.45, 2.75) is 26.0 Å². The molecule has 0 bridgehead atoms. The van der Waals surface area contributed by atoms with Crippen molar-refractivity contribution in [3.05, 3.63) is 59.9 Å². The number of carbonyl (C=O) groups is 1. The van der Waals surface area contributed by atoms with Crippen molar-refractivity contribution in [2.75, 3.05) is 19.4 Å². The van der Waals surface area contributed by atoms with Crippen molar-refractivity contribution in [1.29, 1.82) is 0 Å². The Hall–Kier alpha value is -2.59. The third kappa shape index (κ3) is 6.29. The van der Waals surface area contributed by atoms with Crippen LogP contribution in [0.4, 0.5) is 0 Å². The Morgan fingerprint density at radius 3 is 2.38 bits per heavy atom. The lowest BCUT2D eigenvalue weighted by Gasteiger charge is -2.20. The molecule has 184 valence electrons. The van der Waals surface area contributed by atoms with Gasteiger partial charge in [-0.25, -0.2) is 8.42 Å². The highest BCUT2D eigenvalue weighted by molar-refractivity contribution is 7.90. The van der Waals surface area contributed by atoms with Gasteiger partial charge in [0.25, 0.3) is 0 Å². The van der Waals surface area contributed by atoms with E-state index in [2.05, 4.69) is 9.71 Å². The zero-order valence-electron chi connectivity index (χ0n) is 19.1. The number of nitrogens with zero attached hydrogens (tertiary/aromatic N) is 1. The Morgan fingerprint density at radius 2 is 1.76 bits per heavy atom. The number of alkyl halides is 1. The summed E-state index contributed by atoms with van der Waals surface area (Å²) >= 11 is 5.63. The number of carbonyl (C=O) groups excluding carboxylic acids is 1. The molecule has 0 spiro atoms. The summed E-state index contributed by atoms with van der Waals surface area (Å²) in [5.74, 6) is 0.919. The largest absolute Gasteiger partial charge is 0.493 e. The van der Waals surface area contributed by atoms with Gasteiger partial charge in [-0.05, 0) is 43.5 Å². The summed E-state index contributed by atoms with van der Waals surface area (Å²) in [6.45, 7) is 3.74. The Balaban J connectivity index is 0.00000408. The second kappa shape index (κ2) is 11.7. The van der Waals surface area contributed by atoms with E-state index in [4.69, 9.17) is 25.8 Å². The second-order valence-electron chi connectivity index (χ2n) is 7.49. The quantitative estimate of drug-likeness (QED) is 0.305. The first kappa shape index (κ1) is 27.7. The van der Waals surface area contributed by atoms with Gasteiger partial charge in [0.2, 0.25) is 10.0 Å². The zero-order valence-corrected chi connectivity index (χ0v) is 21.5. The number of hydrogen-bond donors (Lipinski definition) is 1.